The molecule has 1 atom stereocenters. The largest absolute Gasteiger partial charge is 0.396 e. The first-order valence-electron chi connectivity index (χ1n) is 5.89. The van der Waals surface area contributed by atoms with E-state index in [4.69, 9.17) is 15.7 Å². The molecule has 1 unspecified atom stereocenters. The lowest BCUT2D eigenvalue weighted by Crippen LogP contribution is -2.43. The number of nitrogens with two attached hydrogens (primary N) is 1. The molecule has 2 heterocycles. The van der Waals surface area contributed by atoms with Crippen molar-refractivity contribution in [2.24, 2.45) is 0 Å². The molecule has 0 spiro atoms. The van der Waals surface area contributed by atoms with E-state index in [9.17, 15) is 0 Å². The van der Waals surface area contributed by atoms with Gasteiger partial charge < -0.3 is 20.7 Å². The summed E-state index contributed by atoms with van der Waals surface area (Å²) in [6.07, 6.45) is 0.147. The maximum Gasteiger partial charge on any atom is 0.165 e. The third kappa shape index (κ3) is 3.09. The number of likely N-dealkylation sites (N-methyl/N-ethyl adjacent to an activating group) is 1. The van der Waals surface area contributed by atoms with Crippen molar-refractivity contribution in [2.45, 2.75) is 6.10 Å². The first-order chi connectivity index (χ1) is 8.69. The van der Waals surface area contributed by atoms with E-state index in [2.05, 4.69) is 22.2 Å². The third-order valence-electron chi connectivity index (χ3n) is 2.89. The number of nitrogens with one attached hydrogen (secondary N) is 1. The summed E-state index contributed by atoms with van der Waals surface area (Å²) in [6.45, 7) is 3.29. The highest BCUT2D eigenvalue weighted by molar-refractivity contribution is 5.54. The maximum atomic E-state index is 8.84. The number of hydrogen-bond donors (Lipinski definition) is 2. The second-order valence-corrected chi connectivity index (χ2v) is 4.38. The van der Waals surface area contributed by atoms with Crippen LogP contribution in [0.15, 0.2) is 12.1 Å². The standard InChI is InChI=1S/C12H17N5O/c1-17-4-5-18-9(8-17)7-15-12-3-2-10(14)11(6-13)16-12/h2-3,9H,4-5,7-8,14H2,1H3,(H,15,16). The summed E-state index contributed by atoms with van der Waals surface area (Å²) < 4.78 is 5.63. The quantitative estimate of drug-likeness (QED) is 0.797. The summed E-state index contributed by atoms with van der Waals surface area (Å²) in [5, 5.41) is 12.0. The number of pyridine rings is 1. The molecular weight excluding hydrogens is 230 g/mol. The zero-order chi connectivity index (χ0) is 13.0. The van der Waals surface area contributed by atoms with Crippen molar-refractivity contribution in [3.05, 3.63) is 17.8 Å². The van der Waals surface area contributed by atoms with Crippen LogP contribution in [0.25, 0.3) is 0 Å². The number of nitrogens with zero attached hydrogens (tertiary/aromatic N) is 3. The van der Waals surface area contributed by atoms with Gasteiger partial charge in [-0.05, 0) is 19.2 Å². The van der Waals surface area contributed by atoms with Gasteiger partial charge in [-0.25, -0.2) is 4.98 Å². The van der Waals surface area contributed by atoms with Gasteiger partial charge in [-0.1, -0.05) is 0 Å². The Balaban J connectivity index is 1.92. The van der Waals surface area contributed by atoms with Gasteiger partial charge >= 0.3 is 0 Å². The second-order valence-electron chi connectivity index (χ2n) is 4.38. The lowest BCUT2D eigenvalue weighted by molar-refractivity contribution is -0.0117. The Morgan fingerprint density at radius 3 is 3.22 bits per heavy atom. The van der Waals surface area contributed by atoms with Crippen LogP contribution in [-0.4, -0.2) is 49.3 Å². The molecule has 0 amide bonds. The van der Waals surface area contributed by atoms with Crippen LogP contribution >= 0.6 is 0 Å². The van der Waals surface area contributed by atoms with Crippen molar-refractivity contribution in [3.63, 3.8) is 0 Å². The molecule has 96 valence electrons. The second kappa shape index (κ2) is 5.67. The minimum atomic E-state index is 0.147. The van der Waals surface area contributed by atoms with Gasteiger partial charge in [0.2, 0.25) is 0 Å². The molecular formula is C12H17N5O. The smallest absolute Gasteiger partial charge is 0.165 e. The van der Waals surface area contributed by atoms with Gasteiger partial charge in [0.05, 0.1) is 18.4 Å². The maximum absolute atomic E-state index is 8.84. The first kappa shape index (κ1) is 12.6. The van der Waals surface area contributed by atoms with Crippen molar-refractivity contribution >= 4 is 11.5 Å². The van der Waals surface area contributed by atoms with Crippen LogP contribution in [0.3, 0.4) is 0 Å². The minimum Gasteiger partial charge on any atom is -0.396 e. The molecule has 1 fully saturated rings. The molecule has 1 aliphatic heterocycles. The zero-order valence-corrected chi connectivity index (χ0v) is 10.4. The molecule has 1 saturated heterocycles. The molecule has 0 saturated carbocycles. The van der Waals surface area contributed by atoms with E-state index in [0.29, 0.717) is 18.1 Å². The number of nitriles is 1. The van der Waals surface area contributed by atoms with Crippen molar-refractivity contribution in [2.75, 3.05) is 44.3 Å². The SMILES string of the molecule is CN1CCOC(CNc2ccc(N)c(C#N)n2)C1. The average molecular weight is 247 g/mol. The molecule has 3 N–H and O–H groups in total. The van der Waals surface area contributed by atoms with E-state index in [1.165, 1.54) is 0 Å². The van der Waals surface area contributed by atoms with Crippen LogP contribution in [0, 0.1) is 11.3 Å². The van der Waals surface area contributed by atoms with Gasteiger partial charge in [0.1, 0.15) is 11.9 Å². The molecule has 18 heavy (non-hydrogen) atoms. The molecule has 0 radical (unpaired) electrons. The summed E-state index contributed by atoms with van der Waals surface area (Å²) in [5.41, 5.74) is 6.26. The van der Waals surface area contributed by atoms with Gasteiger partial charge in [-0.15, -0.1) is 0 Å². The van der Waals surface area contributed by atoms with Crippen molar-refractivity contribution in [3.8, 4) is 6.07 Å². The molecule has 1 aromatic heterocycles. The Bertz CT molecular complexity index is 456. The first-order valence-corrected chi connectivity index (χ1v) is 5.89. The monoisotopic (exact) mass is 247 g/mol. The summed E-state index contributed by atoms with van der Waals surface area (Å²) in [7, 11) is 2.07. The molecule has 1 aliphatic rings. The highest BCUT2D eigenvalue weighted by Crippen LogP contribution is 2.12. The molecule has 6 heteroatoms. The van der Waals surface area contributed by atoms with E-state index < -0.39 is 0 Å². The number of ether oxygens (including phenoxy) is 1. The molecule has 0 aromatic carbocycles. The van der Waals surface area contributed by atoms with E-state index in [1.807, 2.05) is 6.07 Å². The summed E-state index contributed by atoms with van der Waals surface area (Å²) in [5.74, 6) is 0.651. The van der Waals surface area contributed by atoms with E-state index in [1.54, 1.807) is 12.1 Å². The Morgan fingerprint density at radius 2 is 2.50 bits per heavy atom. The van der Waals surface area contributed by atoms with Crippen LogP contribution in [0.4, 0.5) is 11.5 Å². The van der Waals surface area contributed by atoms with E-state index >= 15 is 0 Å². The Labute approximate surface area is 106 Å². The van der Waals surface area contributed by atoms with Gasteiger partial charge in [0.15, 0.2) is 5.69 Å². The third-order valence-corrected chi connectivity index (χ3v) is 2.89. The predicted molar refractivity (Wildman–Crippen MR) is 69.1 cm³/mol. The number of nitrogen functional groups attached to an aromatic ring is 1. The fourth-order valence-electron chi connectivity index (χ4n) is 1.87. The average Bonchev–Trinajstić information content (AvgIpc) is 2.38. The van der Waals surface area contributed by atoms with Crippen LogP contribution in [-0.2, 0) is 4.74 Å². The van der Waals surface area contributed by atoms with Crippen LogP contribution in [0.2, 0.25) is 0 Å². The lowest BCUT2D eigenvalue weighted by Gasteiger charge is -2.30. The number of rotatable bonds is 3. The highest BCUT2D eigenvalue weighted by Gasteiger charge is 2.17. The predicted octanol–water partition coefficient (Wildman–Crippen LogP) is 0.278. The Morgan fingerprint density at radius 1 is 1.67 bits per heavy atom. The molecule has 1 aromatic rings. The van der Waals surface area contributed by atoms with Gasteiger partial charge in [-0.2, -0.15) is 5.26 Å². The van der Waals surface area contributed by atoms with Crippen molar-refractivity contribution in [1.29, 1.82) is 5.26 Å². The van der Waals surface area contributed by atoms with Gasteiger partial charge in [0.25, 0.3) is 0 Å². The zero-order valence-electron chi connectivity index (χ0n) is 10.4. The topological polar surface area (TPSA) is 87.2 Å². The summed E-state index contributed by atoms with van der Waals surface area (Å²) in [4.78, 5) is 6.36. The molecule has 6 nitrogen and oxygen atoms in total. The number of hydrogen-bond acceptors (Lipinski definition) is 6. The van der Waals surface area contributed by atoms with Crippen LogP contribution < -0.4 is 11.1 Å². The summed E-state index contributed by atoms with van der Waals surface area (Å²) in [6, 6.07) is 5.41. The normalized spacial score (nSPS) is 20.3. The van der Waals surface area contributed by atoms with Gasteiger partial charge in [-0.3, -0.25) is 0 Å². The summed E-state index contributed by atoms with van der Waals surface area (Å²) >= 11 is 0. The van der Waals surface area contributed by atoms with Gasteiger partial charge in [0, 0.05) is 19.6 Å². The number of aromatic nitrogens is 1. The van der Waals surface area contributed by atoms with Crippen LogP contribution in [0.5, 0.6) is 0 Å². The fourth-order valence-corrected chi connectivity index (χ4v) is 1.87. The van der Waals surface area contributed by atoms with Crippen LogP contribution in [0.1, 0.15) is 5.69 Å². The number of morpholine rings is 1. The molecule has 2 rings (SSSR count). The Hall–Kier alpha value is -1.84. The molecule has 0 aliphatic carbocycles. The number of anilines is 2. The van der Waals surface area contributed by atoms with Crippen molar-refractivity contribution < 1.29 is 4.74 Å². The lowest BCUT2D eigenvalue weighted by atomic mass is 10.2. The molecule has 0 bridgehead atoms. The van der Waals surface area contributed by atoms with E-state index in [0.717, 1.165) is 19.7 Å². The fraction of sp³-hybridized carbons (Fsp3) is 0.500. The minimum absolute atomic E-state index is 0.147. The van der Waals surface area contributed by atoms with E-state index in [-0.39, 0.29) is 11.8 Å². The Kier molecular flexibility index (Phi) is 3.97. The highest BCUT2D eigenvalue weighted by atomic mass is 16.5. The van der Waals surface area contributed by atoms with Crippen molar-refractivity contribution in [1.82, 2.24) is 9.88 Å².